The number of esters is 1. The molecule has 0 saturated heterocycles. The molecule has 0 atom stereocenters. The predicted octanol–water partition coefficient (Wildman–Crippen LogP) is 3.95. The molecule has 3 aromatic rings. The second-order valence-corrected chi connectivity index (χ2v) is 6.96. The van der Waals surface area contributed by atoms with Crippen LogP contribution < -0.4 is 20.1 Å². The Morgan fingerprint density at radius 2 is 1.59 bits per heavy atom. The molecule has 2 amide bonds. The normalized spacial score (nSPS) is 10.2. The number of carbonyl (C=O) groups is 3. The minimum Gasteiger partial charge on any atom is -0.493 e. The molecule has 0 spiro atoms. The Hall–Kier alpha value is -4.13. The molecule has 0 aromatic heterocycles. The molecule has 0 fully saturated rings. The van der Waals surface area contributed by atoms with Crippen LogP contribution in [0.15, 0.2) is 78.9 Å². The molecule has 0 radical (unpaired) electrons. The molecule has 2 N–H and O–H groups in total. The summed E-state index contributed by atoms with van der Waals surface area (Å²) in [6, 6.07) is 22.9. The van der Waals surface area contributed by atoms with Crippen molar-refractivity contribution in [2.24, 2.45) is 0 Å². The van der Waals surface area contributed by atoms with Crippen LogP contribution in [0.4, 0.5) is 5.69 Å². The first-order valence-corrected chi connectivity index (χ1v) is 10.1. The fourth-order valence-corrected chi connectivity index (χ4v) is 2.91. The van der Waals surface area contributed by atoms with E-state index in [1.807, 2.05) is 36.4 Å². The summed E-state index contributed by atoms with van der Waals surface area (Å²) in [6.07, 6.45) is 0.217. The lowest BCUT2D eigenvalue weighted by atomic mass is 10.1. The largest absolute Gasteiger partial charge is 0.493 e. The maximum absolute atomic E-state index is 12.4. The first-order valence-electron chi connectivity index (χ1n) is 10.1. The predicted molar refractivity (Wildman–Crippen MR) is 121 cm³/mol. The second-order valence-electron chi connectivity index (χ2n) is 6.96. The molecule has 32 heavy (non-hydrogen) atoms. The van der Waals surface area contributed by atoms with Crippen molar-refractivity contribution in [1.29, 1.82) is 0 Å². The number of ether oxygens (including phenoxy) is 2. The molecule has 0 aliphatic carbocycles. The van der Waals surface area contributed by atoms with Crippen molar-refractivity contribution in [2.45, 2.75) is 19.9 Å². The van der Waals surface area contributed by atoms with Gasteiger partial charge in [-0.25, -0.2) is 0 Å². The van der Waals surface area contributed by atoms with Crippen LogP contribution in [0, 0.1) is 0 Å². The average Bonchev–Trinajstić information content (AvgIpc) is 2.78. The van der Waals surface area contributed by atoms with Crippen LogP contribution >= 0.6 is 0 Å². The van der Waals surface area contributed by atoms with Crippen molar-refractivity contribution < 1.29 is 23.9 Å². The zero-order chi connectivity index (χ0) is 22.8. The van der Waals surface area contributed by atoms with Gasteiger partial charge in [-0.1, -0.05) is 36.4 Å². The molecule has 0 saturated carbocycles. The number of benzene rings is 3. The molecule has 0 heterocycles. The van der Waals surface area contributed by atoms with Crippen LogP contribution in [0.3, 0.4) is 0 Å². The fourth-order valence-electron chi connectivity index (χ4n) is 2.91. The van der Waals surface area contributed by atoms with Gasteiger partial charge in [0, 0.05) is 24.7 Å². The Balaban J connectivity index is 1.48. The van der Waals surface area contributed by atoms with Gasteiger partial charge in [0.15, 0.2) is 0 Å². The van der Waals surface area contributed by atoms with Gasteiger partial charge in [0.1, 0.15) is 11.5 Å². The number of hydrogen-bond donors (Lipinski definition) is 2. The lowest BCUT2D eigenvalue weighted by Gasteiger charge is -2.10. The monoisotopic (exact) mass is 432 g/mol. The van der Waals surface area contributed by atoms with E-state index in [4.69, 9.17) is 9.47 Å². The van der Waals surface area contributed by atoms with E-state index in [-0.39, 0.29) is 31.4 Å². The van der Waals surface area contributed by atoms with E-state index in [1.54, 1.807) is 36.4 Å². The van der Waals surface area contributed by atoms with Crippen LogP contribution in [0.25, 0.3) is 0 Å². The summed E-state index contributed by atoms with van der Waals surface area (Å²) in [5.41, 5.74) is 1.85. The zero-order valence-corrected chi connectivity index (χ0v) is 17.7. The maximum Gasteiger partial charge on any atom is 0.308 e. The highest BCUT2D eigenvalue weighted by atomic mass is 16.5. The third-order valence-electron chi connectivity index (χ3n) is 4.36. The molecule has 0 aliphatic heterocycles. The summed E-state index contributed by atoms with van der Waals surface area (Å²) in [7, 11) is 0. The van der Waals surface area contributed by atoms with Crippen molar-refractivity contribution in [3.8, 4) is 11.5 Å². The highest BCUT2D eigenvalue weighted by Crippen LogP contribution is 2.15. The minimum absolute atomic E-state index is 0.163. The SMILES string of the molecule is CC(=O)Oc1cccc(C(=O)NCc2cccc(NC(=O)CCOc3ccccc3)c2)c1. The summed E-state index contributed by atoms with van der Waals surface area (Å²) in [4.78, 5) is 35.7. The van der Waals surface area contributed by atoms with Gasteiger partial charge in [0.25, 0.3) is 5.91 Å². The van der Waals surface area contributed by atoms with Gasteiger partial charge in [0.2, 0.25) is 5.91 Å². The number of carbonyl (C=O) groups excluding carboxylic acids is 3. The van der Waals surface area contributed by atoms with Crippen molar-refractivity contribution in [2.75, 3.05) is 11.9 Å². The number of rotatable bonds is 9. The van der Waals surface area contributed by atoms with E-state index < -0.39 is 5.97 Å². The van der Waals surface area contributed by atoms with Crippen LogP contribution in [0.1, 0.15) is 29.3 Å². The molecule has 7 nitrogen and oxygen atoms in total. The quantitative estimate of drug-likeness (QED) is 0.394. The van der Waals surface area contributed by atoms with Crippen LogP contribution in [0.5, 0.6) is 11.5 Å². The van der Waals surface area contributed by atoms with Gasteiger partial charge in [-0.05, 0) is 48.0 Å². The summed E-state index contributed by atoms with van der Waals surface area (Å²) < 4.78 is 10.5. The Kier molecular flexibility index (Phi) is 7.97. The summed E-state index contributed by atoms with van der Waals surface area (Å²) in [5, 5.41) is 5.65. The smallest absolute Gasteiger partial charge is 0.308 e. The maximum atomic E-state index is 12.4. The van der Waals surface area contributed by atoms with Crippen LogP contribution in [0.2, 0.25) is 0 Å². The molecule has 0 bridgehead atoms. The highest BCUT2D eigenvalue weighted by Gasteiger charge is 2.09. The van der Waals surface area contributed by atoms with Crippen molar-refractivity contribution in [3.05, 3.63) is 90.0 Å². The van der Waals surface area contributed by atoms with Gasteiger partial charge in [0.05, 0.1) is 13.0 Å². The number of hydrogen-bond acceptors (Lipinski definition) is 5. The van der Waals surface area contributed by atoms with Gasteiger partial charge in [-0.2, -0.15) is 0 Å². The number of nitrogens with one attached hydrogen (secondary N) is 2. The Labute approximate surface area is 186 Å². The summed E-state index contributed by atoms with van der Waals surface area (Å²) in [6.45, 7) is 1.85. The lowest BCUT2D eigenvalue weighted by molar-refractivity contribution is -0.131. The van der Waals surface area contributed by atoms with Gasteiger partial charge in [-0.3, -0.25) is 14.4 Å². The molecule has 0 aliphatic rings. The van der Waals surface area contributed by atoms with Gasteiger partial charge in [-0.15, -0.1) is 0 Å². The topological polar surface area (TPSA) is 93.7 Å². The molecule has 0 unspecified atom stereocenters. The molecular weight excluding hydrogens is 408 g/mol. The number of anilines is 1. The Morgan fingerprint density at radius 3 is 2.38 bits per heavy atom. The van der Waals surface area contributed by atoms with E-state index in [9.17, 15) is 14.4 Å². The van der Waals surface area contributed by atoms with Gasteiger partial charge >= 0.3 is 5.97 Å². The minimum atomic E-state index is -0.451. The Bertz CT molecular complexity index is 1080. The second kappa shape index (κ2) is 11.3. The third-order valence-corrected chi connectivity index (χ3v) is 4.36. The number of para-hydroxylation sites is 1. The lowest BCUT2D eigenvalue weighted by Crippen LogP contribution is -2.23. The highest BCUT2D eigenvalue weighted by molar-refractivity contribution is 5.94. The van der Waals surface area contributed by atoms with Crippen molar-refractivity contribution in [3.63, 3.8) is 0 Å². The first-order chi connectivity index (χ1) is 15.5. The molecule has 164 valence electrons. The molecule has 3 rings (SSSR count). The van der Waals surface area contributed by atoms with E-state index in [1.165, 1.54) is 13.0 Å². The van der Waals surface area contributed by atoms with E-state index >= 15 is 0 Å². The van der Waals surface area contributed by atoms with Crippen LogP contribution in [-0.2, 0) is 16.1 Å². The molecule has 3 aromatic carbocycles. The van der Waals surface area contributed by atoms with Crippen molar-refractivity contribution >= 4 is 23.5 Å². The molecular formula is C25H24N2O5. The fraction of sp³-hybridized carbons (Fsp3) is 0.160. The van der Waals surface area contributed by atoms with E-state index in [0.717, 1.165) is 11.3 Å². The summed E-state index contributed by atoms with van der Waals surface area (Å²) in [5.74, 6) is 0.117. The Morgan fingerprint density at radius 1 is 0.844 bits per heavy atom. The number of amides is 2. The van der Waals surface area contributed by atoms with Crippen molar-refractivity contribution in [1.82, 2.24) is 5.32 Å². The third kappa shape index (κ3) is 7.28. The average molecular weight is 432 g/mol. The zero-order valence-electron chi connectivity index (χ0n) is 17.7. The standard InChI is InChI=1S/C25H24N2O5/c1-18(28)32-23-12-6-8-20(16-23)25(30)26-17-19-7-5-9-21(15-19)27-24(29)13-14-31-22-10-3-2-4-11-22/h2-12,15-16H,13-14,17H2,1H3,(H,26,30)(H,27,29). The van der Waals surface area contributed by atoms with Gasteiger partial charge < -0.3 is 20.1 Å². The first kappa shape index (κ1) is 22.6. The van der Waals surface area contributed by atoms with Crippen LogP contribution in [-0.4, -0.2) is 24.4 Å². The van der Waals surface area contributed by atoms with E-state index in [0.29, 0.717) is 17.0 Å². The van der Waals surface area contributed by atoms with E-state index in [2.05, 4.69) is 10.6 Å². The summed E-state index contributed by atoms with van der Waals surface area (Å²) >= 11 is 0. The molecule has 7 heteroatoms.